The normalized spacial score (nSPS) is 15.6. The number of nitrogens with zero attached hydrogens (tertiary/aromatic N) is 1. The summed E-state index contributed by atoms with van der Waals surface area (Å²) >= 11 is 12.0. The van der Waals surface area contributed by atoms with E-state index in [1.807, 2.05) is 4.90 Å². The Hall–Kier alpha value is -1.26. The Labute approximate surface area is 153 Å². The van der Waals surface area contributed by atoms with E-state index in [1.165, 1.54) is 12.8 Å². The Morgan fingerprint density at radius 1 is 1.17 bits per heavy atom. The average molecular weight is 371 g/mol. The van der Waals surface area contributed by atoms with Gasteiger partial charge in [-0.3, -0.25) is 9.59 Å². The number of carbonyl (C=O) groups is 2. The van der Waals surface area contributed by atoms with E-state index in [9.17, 15) is 9.59 Å². The summed E-state index contributed by atoms with van der Waals surface area (Å²) in [6.07, 6.45) is 7.07. The van der Waals surface area contributed by atoms with Gasteiger partial charge in [-0.05, 0) is 25.0 Å². The van der Waals surface area contributed by atoms with Crippen molar-refractivity contribution in [3.63, 3.8) is 0 Å². The fraction of sp³-hybridized carbons (Fsp3) is 0.556. The van der Waals surface area contributed by atoms with Gasteiger partial charge in [0.05, 0.1) is 15.7 Å². The zero-order valence-electron chi connectivity index (χ0n) is 14.0. The van der Waals surface area contributed by atoms with Gasteiger partial charge in [0.15, 0.2) is 0 Å². The molecular weight excluding hydrogens is 347 g/mol. The lowest BCUT2D eigenvalue weighted by atomic mass is 10.1. The van der Waals surface area contributed by atoms with Crippen molar-refractivity contribution in [1.82, 2.24) is 4.90 Å². The standard InChI is InChI=1S/C18H24Cl2N2O2/c1-13(23)22(14-7-4-2-3-5-8-14)12-11-17(24)21-16-10-6-9-15(19)18(16)20/h6,9-10,14H,2-5,7-8,11-12H2,1H3,(H,21,24). The minimum Gasteiger partial charge on any atom is -0.339 e. The third kappa shape index (κ3) is 5.38. The molecule has 132 valence electrons. The molecule has 0 radical (unpaired) electrons. The predicted molar refractivity (Wildman–Crippen MR) is 98.6 cm³/mol. The highest BCUT2D eigenvalue weighted by atomic mass is 35.5. The molecule has 1 aromatic rings. The molecule has 1 aromatic carbocycles. The van der Waals surface area contributed by atoms with Gasteiger partial charge in [0, 0.05) is 25.9 Å². The van der Waals surface area contributed by atoms with Gasteiger partial charge in [0.2, 0.25) is 11.8 Å². The molecule has 0 bridgehead atoms. The van der Waals surface area contributed by atoms with E-state index >= 15 is 0 Å². The monoisotopic (exact) mass is 370 g/mol. The molecule has 2 rings (SSSR count). The van der Waals surface area contributed by atoms with Gasteiger partial charge in [0.25, 0.3) is 0 Å². The molecule has 1 N–H and O–H groups in total. The van der Waals surface area contributed by atoms with Crippen LogP contribution in [0, 0.1) is 0 Å². The maximum atomic E-state index is 12.2. The fourth-order valence-corrected chi connectivity index (χ4v) is 3.55. The topological polar surface area (TPSA) is 49.4 Å². The molecule has 1 aliphatic rings. The van der Waals surface area contributed by atoms with Crippen molar-refractivity contribution in [3.05, 3.63) is 28.2 Å². The van der Waals surface area contributed by atoms with Crippen LogP contribution in [-0.2, 0) is 9.59 Å². The minimum absolute atomic E-state index is 0.0375. The number of amides is 2. The number of rotatable bonds is 5. The van der Waals surface area contributed by atoms with E-state index in [-0.39, 0.29) is 24.3 Å². The van der Waals surface area contributed by atoms with Crippen molar-refractivity contribution in [2.45, 2.75) is 57.9 Å². The quantitative estimate of drug-likeness (QED) is 0.749. The second kappa shape index (κ2) is 9.28. The minimum atomic E-state index is -0.168. The Kier molecular flexibility index (Phi) is 7.38. The first-order valence-electron chi connectivity index (χ1n) is 8.50. The largest absolute Gasteiger partial charge is 0.339 e. The van der Waals surface area contributed by atoms with Crippen molar-refractivity contribution >= 4 is 40.7 Å². The van der Waals surface area contributed by atoms with E-state index < -0.39 is 0 Å². The van der Waals surface area contributed by atoms with Gasteiger partial charge in [-0.25, -0.2) is 0 Å². The van der Waals surface area contributed by atoms with E-state index in [1.54, 1.807) is 25.1 Å². The van der Waals surface area contributed by atoms with Crippen LogP contribution in [0.1, 0.15) is 51.9 Å². The van der Waals surface area contributed by atoms with Crippen LogP contribution >= 0.6 is 23.2 Å². The van der Waals surface area contributed by atoms with Gasteiger partial charge < -0.3 is 10.2 Å². The lowest BCUT2D eigenvalue weighted by molar-refractivity contribution is -0.131. The van der Waals surface area contributed by atoms with Crippen LogP contribution in [0.4, 0.5) is 5.69 Å². The van der Waals surface area contributed by atoms with Gasteiger partial charge in [-0.15, -0.1) is 0 Å². The third-order valence-corrected chi connectivity index (χ3v) is 5.29. The summed E-state index contributed by atoms with van der Waals surface area (Å²) in [5, 5.41) is 3.50. The van der Waals surface area contributed by atoms with Crippen LogP contribution in [-0.4, -0.2) is 29.3 Å². The number of hydrogen-bond donors (Lipinski definition) is 1. The molecule has 24 heavy (non-hydrogen) atoms. The number of anilines is 1. The molecule has 0 aromatic heterocycles. The van der Waals surface area contributed by atoms with E-state index in [2.05, 4.69) is 5.32 Å². The summed E-state index contributed by atoms with van der Waals surface area (Å²) in [6, 6.07) is 5.37. The molecule has 1 fully saturated rings. The third-order valence-electron chi connectivity index (χ3n) is 4.48. The van der Waals surface area contributed by atoms with Crippen LogP contribution in [0.15, 0.2) is 18.2 Å². The van der Waals surface area contributed by atoms with E-state index in [4.69, 9.17) is 23.2 Å². The smallest absolute Gasteiger partial charge is 0.226 e. The Morgan fingerprint density at radius 3 is 2.46 bits per heavy atom. The highest BCUT2D eigenvalue weighted by molar-refractivity contribution is 6.43. The summed E-state index contributed by atoms with van der Waals surface area (Å²) in [5.74, 6) is -0.130. The Morgan fingerprint density at radius 2 is 1.83 bits per heavy atom. The van der Waals surface area contributed by atoms with Crippen LogP contribution in [0.5, 0.6) is 0 Å². The molecule has 0 heterocycles. The lowest BCUT2D eigenvalue weighted by Crippen LogP contribution is -2.40. The molecule has 1 aliphatic carbocycles. The molecular formula is C18H24Cl2N2O2. The number of halogens is 2. The summed E-state index contributed by atoms with van der Waals surface area (Å²) in [5.41, 5.74) is 0.498. The number of carbonyl (C=O) groups excluding carboxylic acids is 2. The highest BCUT2D eigenvalue weighted by Gasteiger charge is 2.22. The molecule has 2 amide bonds. The maximum Gasteiger partial charge on any atom is 0.226 e. The fourth-order valence-electron chi connectivity index (χ4n) is 3.20. The van der Waals surface area contributed by atoms with Gasteiger partial charge >= 0.3 is 0 Å². The Balaban J connectivity index is 1.92. The summed E-state index contributed by atoms with van der Waals surface area (Å²) in [6.45, 7) is 2.01. The van der Waals surface area contributed by atoms with E-state index in [0.29, 0.717) is 22.3 Å². The molecule has 6 heteroatoms. The SMILES string of the molecule is CC(=O)N(CCC(=O)Nc1cccc(Cl)c1Cl)C1CCCCCC1. The summed E-state index contributed by atoms with van der Waals surface area (Å²) < 4.78 is 0. The predicted octanol–water partition coefficient (Wildman–Crippen LogP) is 4.89. The molecule has 0 saturated heterocycles. The average Bonchev–Trinajstić information content (AvgIpc) is 2.81. The molecule has 0 atom stereocenters. The molecule has 4 nitrogen and oxygen atoms in total. The van der Waals surface area contributed by atoms with Crippen LogP contribution in [0.3, 0.4) is 0 Å². The van der Waals surface area contributed by atoms with Crippen LogP contribution in [0.2, 0.25) is 10.0 Å². The number of benzene rings is 1. The van der Waals surface area contributed by atoms with Crippen molar-refractivity contribution in [2.24, 2.45) is 0 Å². The number of hydrogen-bond acceptors (Lipinski definition) is 2. The summed E-state index contributed by atoms with van der Waals surface area (Å²) in [4.78, 5) is 26.0. The molecule has 0 aliphatic heterocycles. The maximum absolute atomic E-state index is 12.2. The first-order valence-corrected chi connectivity index (χ1v) is 9.25. The lowest BCUT2D eigenvalue weighted by Gasteiger charge is -2.30. The van der Waals surface area contributed by atoms with Gasteiger partial charge in [-0.2, -0.15) is 0 Å². The van der Waals surface area contributed by atoms with Crippen molar-refractivity contribution in [3.8, 4) is 0 Å². The van der Waals surface area contributed by atoms with E-state index in [0.717, 1.165) is 25.7 Å². The van der Waals surface area contributed by atoms with Crippen LogP contribution < -0.4 is 5.32 Å². The zero-order chi connectivity index (χ0) is 17.5. The first-order chi connectivity index (χ1) is 11.5. The number of nitrogens with one attached hydrogen (secondary N) is 1. The second-order valence-corrected chi connectivity index (χ2v) is 7.04. The second-order valence-electron chi connectivity index (χ2n) is 6.26. The molecule has 0 spiro atoms. The Bertz CT molecular complexity index is 584. The first kappa shape index (κ1) is 19.1. The van der Waals surface area contributed by atoms with Crippen molar-refractivity contribution in [2.75, 3.05) is 11.9 Å². The van der Waals surface area contributed by atoms with Gasteiger partial charge in [0.1, 0.15) is 0 Å². The van der Waals surface area contributed by atoms with Crippen LogP contribution in [0.25, 0.3) is 0 Å². The molecule has 1 saturated carbocycles. The van der Waals surface area contributed by atoms with Crippen molar-refractivity contribution in [1.29, 1.82) is 0 Å². The van der Waals surface area contributed by atoms with Crippen molar-refractivity contribution < 1.29 is 9.59 Å². The summed E-state index contributed by atoms with van der Waals surface area (Å²) in [7, 11) is 0. The zero-order valence-corrected chi connectivity index (χ0v) is 15.5. The van der Waals surface area contributed by atoms with Gasteiger partial charge in [-0.1, -0.05) is 55.0 Å². The highest BCUT2D eigenvalue weighted by Crippen LogP contribution is 2.29. The molecule has 0 unspecified atom stereocenters.